The van der Waals surface area contributed by atoms with E-state index >= 15 is 0 Å². The van der Waals surface area contributed by atoms with E-state index in [1.807, 2.05) is 30.3 Å². The first-order valence-corrected chi connectivity index (χ1v) is 11.0. The molecule has 4 rings (SSSR count). The summed E-state index contributed by atoms with van der Waals surface area (Å²) >= 11 is 0. The van der Waals surface area contributed by atoms with Crippen molar-refractivity contribution < 1.29 is 17.9 Å². The fourth-order valence-corrected chi connectivity index (χ4v) is 3.48. The Kier molecular flexibility index (Phi) is 5.97. The zero-order valence-electron chi connectivity index (χ0n) is 16.7. The quantitative estimate of drug-likeness (QED) is 0.294. The van der Waals surface area contributed by atoms with Gasteiger partial charge in [0.25, 0.3) is 5.91 Å². The number of hydrazone groups is 1. The normalized spacial score (nSPS) is 11.7. The summed E-state index contributed by atoms with van der Waals surface area (Å²) in [7, 11) is -3.82. The van der Waals surface area contributed by atoms with Crippen molar-refractivity contribution in [3.8, 4) is 5.88 Å². The van der Waals surface area contributed by atoms with Crippen LogP contribution in [0.15, 0.2) is 83.1 Å². The van der Waals surface area contributed by atoms with Gasteiger partial charge < -0.3 is 9.72 Å². The average Bonchev–Trinajstić information content (AvgIpc) is 3.20. The third-order valence-corrected chi connectivity index (χ3v) is 5.55. The van der Waals surface area contributed by atoms with E-state index in [4.69, 9.17) is 9.88 Å². The highest BCUT2D eigenvalue weighted by Gasteiger charge is 2.10. The number of H-pyrrole nitrogens is 1. The molecule has 32 heavy (non-hydrogen) atoms. The standard InChI is InChI=1S/C22H19N5O4S/c23-32(29,30)18-8-6-16(7-9-18)22(28)27-26-12-17-11-24-20-13-25-21(10-19(17)20)31-14-15-4-2-1-3-5-15/h1-13,24H,14H2,(H,27,28)(H2,23,29,30). The Bertz CT molecular complexity index is 1380. The number of fused-ring (bicyclic) bond motifs is 1. The van der Waals surface area contributed by atoms with Crippen molar-refractivity contribution >= 4 is 33.0 Å². The van der Waals surface area contributed by atoms with E-state index in [9.17, 15) is 13.2 Å². The van der Waals surface area contributed by atoms with Crippen LogP contribution < -0.4 is 15.3 Å². The summed E-state index contributed by atoms with van der Waals surface area (Å²) in [4.78, 5) is 19.5. The van der Waals surface area contributed by atoms with Gasteiger partial charge in [0, 0.05) is 28.8 Å². The molecule has 0 aliphatic rings. The number of primary sulfonamides is 1. The molecule has 0 fully saturated rings. The Morgan fingerprint density at radius 3 is 2.62 bits per heavy atom. The topological polar surface area (TPSA) is 140 Å². The number of pyridine rings is 1. The van der Waals surface area contributed by atoms with Gasteiger partial charge in [0.05, 0.1) is 22.8 Å². The predicted molar refractivity (Wildman–Crippen MR) is 120 cm³/mol. The van der Waals surface area contributed by atoms with Gasteiger partial charge in [0.2, 0.25) is 15.9 Å². The molecule has 2 heterocycles. The molecular weight excluding hydrogens is 430 g/mol. The number of ether oxygens (including phenoxy) is 1. The number of nitrogens with two attached hydrogens (primary N) is 1. The highest BCUT2D eigenvalue weighted by molar-refractivity contribution is 7.89. The van der Waals surface area contributed by atoms with Gasteiger partial charge in [0.1, 0.15) is 6.61 Å². The number of sulfonamides is 1. The zero-order valence-corrected chi connectivity index (χ0v) is 17.5. The lowest BCUT2D eigenvalue weighted by molar-refractivity contribution is 0.0955. The summed E-state index contributed by atoms with van der Waals surface area (Å²) in [5, 5.41) is 9.87. The van der Waals surface area contributed by atoms with E-state index in [1.165, 1.54) is 30.5 Å². The predicted octanol–water partition coefficient (Wildman–Crippen LogP) is 2.55. The number of aromatic nitrogens is 2. The zero-order chi connectivity index (χ0) is 22.6. The number of hydrogen-bond donors (Lipinski definition) is 3. The number of nitrogens with zero attached hydrogens (tertiary/aromatic N) is 2. The lowest BCUT2D eigenvalue weighted by Gasteiger charge is -2.05. The average molecular weight is 449 g/mol. The van der Waals surface area contributed by atoms with Crippen LogP contribution in [0.25, 0.3) is 10.9 Å². The minimum Gasteiger partial charge on any atom is -0.473 e. The minimum atomic E-state index is -3.82. The van der Waals surface area contributed by atoms with Crippen LogP contribution in [0, 0.1) is 0 Å². The summed E-state index contributed by atoms with van der Waals surface area (Å²) in [6.45, 7) is 0.396. The van der Waals surface area contributed by atoms with Gasteiger partial charge in [-0.05, 0) is 29.8 Å². The van der Waals surface area contributed by atoms with Gasteiger partial charge >= 0.3 is 0 Å². The summed E-state index contributed by atoms with van der Waals surface area (Å²) in [6.07, 6.45) is 4.90. The van der Waals surface area contributed by atoms with Crippen LogP contribution in [0.2, 0.25) is 0 Å². The molecule has 2 aromatic heterocycles. The van der Waals surface area contributed by atoms with Crippen LogP contribution in [0.4, 0.5) is 0 Å². The van der Waals surface area contributed by atoms with Gasteiger partial charge in [-0.2, -0.15) is 5.10 Å². The molecule has 9 nitrogen and oxygen atoms in total. The van der Waals surface area contributed by atoms with Crippen molar-refractivity contribution in [2.24, 2.45) is 10.2 Å². The van der Waals surface area contributed by atoms with E-state index in [0.29, 0.717) is 12.5 Å². The van der Waals surface area contributed by atoms with Crippen LogP contribution in [0.3, 0.4) is 0 Å². The molecule has 0 saturated carbocycles. The smallest absolute Gasteiger partial charge is 0.271 e. The van der Waals surface area contributed by atoms with Gasteiger partial charge in [-0.3, -0.25) is 4.79 Å². The minimum absolute atomic E-state index is 0.0739. The molecule has 0 radical (unpaired) electrons. The van der Waals surface area contributed by atoms with Crippen molar-refractivity contribution in [3.63, 3.8) is 0 Å². The Morgan fingerprint density at radius 2 is 1.91 bits per heavy atom. The second-order valence-corrected chi connectivity index (χ2v) is 8.42. The van der Waals surface area contributed by atoms with Crippen molar-refractivity contribution in [1.29, 1.82) is 0 Å². The maximum absolute atomic E-state index is 12.2. The second-order valence-electron chi connectivity index (χ2n) is 6.85. The Balaban J connectivity index is 1.43. The number of rotatable bonds is 7. The van der Waals surface area contributed by atoms with Crippen molar-refractivity contribution in [1.82, 2.24) is 15.4 Å². The SMILES string of the molecule is NS(=O)(=O)c1ccc(C(=O)NN=Cc2c[nH]c3cnc(OCc4ccccc4)cc23)cc1. The highest BCUT2D eigenvalue weighted by atomic mass is 32.2. The van der Waals surface area contributed by atoms with E-state index in [2.05, 4.69) is 20.5 Å². The largest absolute Gasteiger partial charge is 0.473 e. The number of nitrogens with one attached hydrogen (secondary N) is 2. The first kappa shape index (κ1) is 21.2. The highest BCUT2D eigenvalue weighted by Crippen LogP contribution is 2.21. The molecule has 10 heteroatoms. The van der Waals surface area contributed by atoms with E-state index < -0.39 is 15.9 Å². The maximum atomic E-state index is 12.2. The fourth-order valence-electron chi connectivity index (χ4n) is 2.96. The molecule has 1 amide bonds. The Morgan fingerprint density at radius 1 is 1.16 bits per heavy atom. The number of hydrogen-bond acceptors (Lipinski definition) is 6. The van der Waals surface area contributed by atoms with Crippen molar-refractivity contribution in [2.45, 2.75) is 11.5 Å². The number of aromatic amines is 1. The van der Waals surface area contributed by atoms with E-state index in [1.54, 1.807) is 18.5 Å². The monoisotopic (exact) mass is 449 g/mol. The van der Waals surface area contributed by atoms with E-state index in [0.717, 1.165) is 22.0 Å². The molecule has 2 aromatic carbocycles. The number of carbonyl (C=O) groups excluding carboxylic acids is 1. The van der Waals surface area contributed by atoms with Crippen LogP contribution in [-0.4, -0.2) is 30.5 Å². The maximum Gasteiger partial charge on any atom is 0.271 e. The molecule has 0 spiro atoms. The lowest BCUT2D eigenvalue weighted by atomic mass is 10.2. The molecule has 0 saturated heterocycles. The van der Waals surface area contributed by atoms with Crippen molar-refractivity contribution in [2.75, 3.05) is 0 Å². The molecular formula is C22H19N5O4S. The van der Waals surface area contributed by atoms with Crippen LogP contribution in [0.5, 0.6) is 5.88 Å². The Hall–Kier alpha value is -4.02. The Labute approximate surface area is 184 Å². The summed E-state index contributed by atoms with van der Waals surface area (Å²) < 4.78 is 28.4. The molecule has 4 aromatic rings. The van der Waals surface area contributed by atoms with Crippen LogP contribution in [0.1, 0.15) is 21.5 Å². The molecule has 0 aliphatic heterocycles. The summed E-state index contributed by atoms with van der Waals surface area (Å²) in [5.41, 5.74) is 5.22. The number of amides is 1. The van der Waals surface area contributed by atoms with Gasteiger partial charge in [-0.1, -0.05) is 30.3 Å². The molecule has 0 aliphatic carbocycles. The first-order chi connectivity index (χ1) is 15.4. The molecule has 0 unspecified atom stereocenters. The van der Waals surface area contributed by atoms with Crippen molar-refractivity contribution in [3.05, 3.63) is 89.7 Å². The third-order valence-electron chi connectivity index (χ3n) is 4.62. The molecule has 0 bridgehead atoms. The molecule has 4 N–H and O–H groups in total. The second kappa shape index (κ2) is 9.00. The first-order valence-electron chi connectivity index (χ1n) is 9.50. The number of carbonyl (C=O) groups is 1. The lowest BCUT2D eigenvalue weighted by Crippen LogP contribution is -2.18. The number of benzene rings is 2. The van der Waals surface area contributed by atoms with Crippen LogP contribution in [-0.2, 0) is 16.6 Å². The molecule has 0 atom stereocenters. The van der Waals surface area contributed by atoms with Crippen LogP contribution >= 0.6 is 0 Å². The third kappa shape index (κ3) is 4.99. The van der Waals surface area contributed by atoms with Gasteiger partial charge in [-0.25, -0.2) is 24.0 Å². The summed E-state index contributed by atoms with van der Waals surface area (Å²) in [5.74, 6) is -0.0230. The van der Waals surface area contributed by atoms with E-state index in [-0.39, 0.29) is 10.5 Å². The summed E-state index contributed by atoms with van der Waals surface area (Å²) in [6, 6.07) is 16.8. The molecule has 162 valence electrons. The van der Waals surface area contributed by atoms with Gasteiger partial charge in [0.15, 0.2) is 0 Å². The van der Waals surface area contributed by atoms with Gasteiger partial charge in [-0.15, -0.1) is 0 Å². The fraction of sp³-hybridized carbons (Fsp3) is 0.0455.